The van der Waals surface area contributed by atoms with Gasteiger partial charge in [0.05, 0.1) is 18.7 Å². The Bertz CT molecular complexity index is 923. The minimum absolute atomic E-state index is 0.0672. The second-order valence-corrected chi connectivity index (χ2v) is 6.69. The first-order valence-electron chi connectivity index (χ1n) is 8.80. The van der Waals surface area contributed by atoms with E-state index >= 15 is 0 Å². The number of amides is 1. The summed E-state index contributed by atoms with van der Waals surface area (Å²) in [6.07, 6.45) is 2.26. The van der Waals surface area contributed by atoms with Crippen molar-refractivity contribution in [2.45, 2.75) is 18.4 Å². The number of carbonyl (C=O) groups is 2. The number of para-hydroxylation sites is 1. The number of carbonyl (C=O) groups excluding carboxylic acids is 2. The molecule has 2 heterocycles. The molecular formula is C21H19FN2O3. The second kappa shape index (κ2) is 6.87. The van der Waals surface area contributed by atoms with E-state index < -0.39 is 11.8 Å². The van der Waals surface area contributed by atoms with Crippen LogP contribution in [0.4, 0.5) is 10.1 Å². The average Bonchev–Trinajstić information content (AvgIpc) is 2.95. The summed E-state index contributed by atoms with van der Waals surface area (Å²) in [4.78, 5) is 26.8. The molecule has 2 atom stereocenters. The van der Waals surface area contributed by atoms with Crippen molar-refractivity contribution in [2.24, 2.45) is 0 Å². The Labute approximate surface area is 156 Å². The van der Waals surface area contributed by atoms with Crippen LogP contribution >= 0.6 is 0 Å². The predicted molar refractivity (Wildman–Crippen MR) is 98.7 cm³/mol. The van der Waals surface area contributed by atoms with Gasteiger partial charge in [0.2, 0.25) is 0 Å². The Morgan fingerprint density at radius 3 is 2.63 bits per heavy atom. The predicted octanol–water partition coefficient (Wildman–Crippen LogP) is 3.31. The number of hydrogen-bond acceptors (Lipinski definition) is 4. The molecule has 1 N–H and O–H groups in total. The standard InChI is InChI=1S/C21H19FN2O3/c1-27-21(26)17-12-24(20(25)13-6-8-14(22)9-7-13)11-10-16-15-4-2-3-5-18(15)23-19(16)17/h2-9,12,16,19,23H,10-11H2,1H3. The fourth-order valence-corrected chi connectivity index (χ4v) is 3.82. The van der Waals surface area contributed by atoms with Crippen molar-refractivity contribution in [1.29, 1.82) is 0 Å². The number of nitrogens with zero attached hydrogens (tertiary/aromatic N) is 1. The average molecular weight is 366 g/mol. The molecule has 0 fully saturated rings. The van der Waals surface area contributed by atoms with Crippen LogP contribution in [0.3, 0.4) is 0 Å². The number of methoxy groups -OCH3 is 1. The van der Waals surface area contributed by atoms with Crippen LogP contribution in [0, 0.1) is 5.82 Å². The number of fused-ring (bicyclic) bond motifs is 3. The van der Waals surface area contributed by atoms with Crippen molar-refractivity contribution in [3.05, 3.63) is 77.2 Å². The van der Waals surface area contributed by atoms with Crippen LogP contribution in [0.5, 0.6) is 0 Å². The Balaban J connectivity index is 1.70. The molecule has 27 heavy (non-hydrogen) atoms. The molecule has 2 unspecified atom stereocenters. The molecule has 0 saturated carbocycles. The van der Waals surface area contributed by atoms with E-state index in [1.165, 1.54) is 36.3 Å². The van der Waals surface area contributed by atoms with E-state index in [0.717, 1.165) is 11.3 Å². The lowest BCUT2D eigenvalue weighted by atomic mass is 9.89. The summed E-state index contributed by atoms with van der Waals surface area (Å²) in [7, 11) is 1.33. The van der Waals surface area contributed by atoms with E-state index in [0.29, 0.717) is 24.1 Å². The molecule has 0 spiro atoms. The van der Waals surface area contributed by atoms with Crippen molar-refractivity contribution in [1.82, 2.24) is 4.90 Å². The molecule has 4 rings (SSSR count). The van der Waals surface area contributed by atoms with Crippen LogP contribution in [0.2, 0.25) is 0 Å². The quantitative estimate of drug-likeness (QED) is 0.829. The van der Waals surface area contributed by atoms with Gasteiger partial charge in [0.15, 0.2) is 0 Å². The van der Waals surface area contributed by atoms with Gasteiger partial charge in [-0.2, -0.15) is 0 Å². The Kier molecular flexibility index (Phi) is 4.39. The molecule has 2 aliphatic heterocycles. The van der Waals surface area contributed by atoms with Gasteiger partial charge in [-0.1, -0.05) is 18.2 Å². The van der Waals surface area contributed by atoms with Crippen LogP contribution in [0.1, 0.15) is 28.3 Å². The smallest absolute Gasteiger partial charge is 0.337 e. The van der Waals surface area contributed by atoms with Crippen LogP contribution < -0.4 is 5.32 Å². The number of rotatable bonds is 2. The zero-order valence-electron chi connectivity index (χ0n) is 14.8. The lowest BCUT2D eigenvalue weighted by molar-refractivity contribution is -0.136. The van der Waals surface area contributed by atoms with E-state index in [-0.39, 0.29) is 17.9 Å². The van der Waals surface area contributed by atoms with E-state index in [1.54, 1.807) is 6.20 Å². The Morgan fingerprint density at radius 1 is 1.15 bits per heavy atom. The molecular weight excluding hydrogens is 347 g/mol. The summed E-state index contributed by atoms with van der Waals surface area (Å²) in [5, 5.41) is 3.39. The highest BCUT2D eigenvalue weighted by molar-refractivity contribution is 5.97. The van der Waals surface area contributed by atoms with E-state index in [9.17, 15) is 14.0 Å². The molecule has 5 nitrogen and oxygen atoms in total. The number of benzene rings is 2. The molecule has 0 bridgehead atoms. The topological polar surface area (TPSA) is 58.6 Å². The third kappa shape index (κ3) is 3.07. The monoisotopic (exact) mass is 366 g/mol. The highest BCUT2D eigenvalue weighted by atomic mass is 19.1. The van der Waals surface area contributed by atoms with E-state index in [2.05, 4.69) is 5.32 Å². The summed E-state index contributed by atoms with van der Waals surface area (Å²) >= 11 is 0. The molecule has 0 aliphatic carbocycles. The van der Waals surface area contributed by atoms with Crippen molar-refractivity contribution in [3.63, 3.8) is 0 Å². The number of hydrogen-bond donors (Lipinski definition) is 1. The zero-order chi connectivity index (χ0) is 19.0. The van der Waals surface area contributed by atoms with Gasteiger partial charge in [0.25, 0.3) is 5.91 Å². The fraction of sp³-hybridized carbons (Fsp3) is 0.238. The normalized spacial score (nSPS) is 20.7. The number of ether oxygens (including phenoxy) is 1. The van der Waals surface area contributed by atoms with Crippen LogP contribution in [-0.4, -0.2) is 36.5 Å². The van der Waals surface area contributed by atoms with Gasteiger partial charge in [-0.15, -0.1) is 0 Å². The van der Waals surface area contributed by atoms with Crippen LogP contribution in [0.15, 0.2) is 60.3 Å². The summed E-state index contributed by atoms with van der Waals surface area (Å²) < 4.78 is 18.1. The number of halogens is 1. The van der Waals surface area contributed by atoms with Crippen LogP contribution in [-0.2, 0) is 9.53 Å². The largest absolute Gasteiger partial charge is 0.466 e. The van der Waals surface area contributed by atoms with Crippen molar-refractivity contribution >= 4 is 17.6 Å². The third-order valence-corrected chi connectivity index (χ3v) is 5.16. The van der Waals surface area contributed by atoms with Gasteiger partial charge in [0.1, 0.15) is 5.82 Å². The molecule has 6 heteroatoms. The molecule has 0 aromatic heterocycles. The molecule has 0 saturated heterocycles. The molecule has 2 aliphatic rings. The number of anilines is 1. The second-order valence-electron chi connectivity index (χ2n) is 6.69. The minimum Gasteiger partial charge on any atom is -0.466 e. The van der Waals surface area contributed by atoms with Crippen molar-refractivity contribution < 1.29 is 18.7 Å². The third-order valence-electron chi connectivity index (χ3n) is 5.16. The minimum atomic E-state index is -0.468. The molecule has 0 radical (unpaired) electrons. The number of esters is 1. The molecule has 2 aromatic rings. The maximum atomic E-state index is 13.2. The highest BCUT2D eigenvalue weighted by Crippen LogP contribution is 2.42. The first-order valence-corrected chi connectivity index (χ1v) is 8.80. The fourth-order valence-electron chi connectivity index (χ4n) is 3.82. The van der Waals surface area contributed by atoms with Crippen molar-refractivity contribution in [3.8, 4) is 0 Å². The van der Waals surface area contributed by atoms with Gasteiger partial charge in [-0.3, -0.25) is 4.79 Å². The lowest BCUT2D eigenvalue weighted by Gasteiger charge is -2.18. The van der Waals surface area contributed by atoms with E-state index in [4.69, 9.17) is 4.74 Å². The zero-order valence-corrected chi connectivity index (χ0v) is 14.8. The maximum absolute atomic E-state index is 13.2. The van der Waals surface area contributed by atoms with Gasteiger partial charge < -0.3 is 15.0 Å². The van der Waals surface area contributed by atoms with Gasteiger partial charge in [-0.05, 0) is 42.3 Å². The summed E-state index contributed by atoms with van der Waals surface area (Å²) in [6, 6.07) is 13.1. The van der Waals surface area contributed by atoms with Gasteiger partial charge in [-0.25, -0.2) is 9.18 Å². The molecule has 138 valence electrons. The van der Waals surface area contributed by atoms with E-state index in [1.807, 2.05) is 24.3 Å². The number of nitrogens with one attached hydrogen (secondary N) is 1. The van der Waals surface area contributed by atoms with Crippen LogP contribution in [0.25, 0.3) is 0 Å². The first-order chi connectivity index (χ1) is 13.1. The summed E-state index contributed by atoms with van der Waals surface area (Å²) in [6.45, 7) is 0.452. The maximum Gasteiger partial charge on any atom is 0.337 e. The van der Waals surface area contributed by atoms with Gasteiger partial charge >= 0.3 is 5.97 Å². The SMILES string of the molecule is COC(=O)C1=CN(C(=O)c2ccc(F)cc2)CCC2c3ccccc3NC12. The first kappa shape index (κ1) is 17.3. The highest BCUT2D eigenvalue weighted by Gasteiger charge is 2.40. The molecule has 2 aromatic carbocycles. The summed E-state index contributed by atoms with van der Waals surface area (Å²) in [5.41, 5.74) is 2.91. The Morgan fingerprint density at radius 2 is 1.89 bits per heavy atom. The summed E-state index contributed by atoms with van der Waals surface area (Å²) in [5.74, 6) is -1.07. The van der Waals surface area contributed by atoms with Gasteiger partial charge in [0, 0.05) is 29.9 Å². The van der Waals surface area contributed by atoms with Crippen molar-refractivity contribution in [2.75, 3.05) is 19.0 Å². The lowest BCUT2D eigenvalue weighted by Crippen LogP contribution is -2.29. The molecule has 1 amide bonds. The Hall–Kier alpha value is -3.15.